The van der Waals surface area contributed by atoms with E-state index in [1.54, 1.807) is 4.90 Å². The highest BCUT2D eigenvalue weighted by molar-refractivity contribution is 5.80. The fourth-order valence-corrected chi connectivity index (χ4v) is 2.45. The lowest BCUT2D eigenvalue weighted by atomic mass is 9.93. The predicted octanol–water partition coefficient (Wildman–Crippen LogP) is 0.647. The van der Waals surface area contributed by atoms with Crippen molar-refractivity contribution in [3.05, 3.63) is 0 Å². The maximum atomic E-state index is 13.4. The van der Waals surface area contributed by atoms with Gasteiger partial charge in [-0.05, 0) is 25.8 Å². The molecular weight excluding hydrogens is 161 g/mol. The van der Waals surface area contributed by atoms with Crippen molar-refractivity contribution in [2.45, 2.75) is 31.0 Å². The topological polar surface area (TPSA) is 40.5 Å². The molecule has 0 radical (unpaired) electrons. The summed E-state index contributed by atoms with van der Waals surface area (Å²) in [4.78, 5) is 12.7. The molecular formula is C8H12FNO2. The quantitative estimate of drug-likeness (QED) is 0.632. The number of aliphatic carboxylic acids is 1. The summed E-state index contributed by atoms with van der Waals surface area (Å²) in [5.41, 5.74) is -1.15. The van der Waals surface area contributed by atoms with E-state index < -0.39 is 17.7 Å². The number of carboxylic acids is 1. The molecule has 2 heterocycles. The molecule has 0 aromatic heterocycles. The van der Waals surface area contributed by atoms with Crippen LogP contribution >= 0.6 is 0 Å². The second-order valence-corrected chi connectivity index (χ2v) is 3.58. The van der Waals surface area contributed by atoms with Crippen molar-refractivity contribution < 1.29 is 14.3 Å². The lowest BCUT2D eigenvalue weighted by molar-refractivity contribution is -0.150. The predicted molar refractivity (Wildman–Crippen MR) is 40.7 cm³/mol. The Morgan fingerprint density at radius 2 is 2.33 bits per heavy atom. The third kappa shape index (κ3) is 0.759. The van der Waals surface area contributed by atoms with Crippen molar-refractivity contribution in [2.75, 3.05) is 13.1 Å². The Kier molecular flexibility index (Phi) is 1.61. The Bertz CT molecular complexity index is 221. The highest BCUT2D eigenvalue weighted by Gasteiger charge is 2.57. The van der Waals surface area contributed by atoms with Gasteiger partial charge in [-0.25, -0.2) is 4.39 Å². The molecule has 2 aliphatic heterocycles. The summed E-state index contributed by atoms with van der Waals surface area (Å²) in [6.45, 7) is 1.35. The molecule has 3 nitrogen and oxygen atoms in total. The zero-order chi connectivity index (χ0) is 8.77. The second kappa shape index (κ2) is 2.42. The Balaban J connectivity index is 2.33. The summed E-state index contributed by atoms with van der Waals surface area (Å²) in [5.74, 6) is -0.981. The Morgan fingerprint density at radius 1 is 1.58 bits per heavy atom. The van der Waals surface area contributed by atoms with Crippen LogP contribution in [0.25, 0.3) is 0 Å². The molecule has 0 amide bonds. The van der Waals surface area contributed by atoms with E-state index in [0.717, 1.165) is 13.0 Å². The number of carboxylic acid groups (broad SMARTS) is 1. The Morgan fingerprint density at radius 3 is 2.92 bits per heavy atom. The van der Waals surface area contributed by atoms with E-state index in [9.17, 15) is 9.18 Å². The molecule has 2 aliphatic rings. The van der Waals surface area contributed by atoms with Gasteiger partial charge in [-0.15, -0.1) is 0 Å². The number of nitrogens with zero attached hydrogens (tertiary/aromatic N) is 1. The number of hydrogen-bond donors (Lipinski definition) is 1. The van der Waals surface area contributed by atoms with E-state index in [-0.39, 0.29) is 0 Å². The van der Waals surface area contributed by atoms with Crippen molar-refractivity contribution in [1.29, 1.82) is 0 Å². The molecule has 2 unspecified atom stereocenters. The molecule has 0 aromatic carbocycles. The van der Waals surface area contributed by atoms with Gasteiger partial charge >= 0.3 is 5.97 Å². The van der Waals surface area contributed by atoms with Gasteiger partial charge in [-0.1, -0.05) is 0 Å². The highest BCUT2D eigenvalue weighted by Crippen LogP contribution is 2.40. The van der Waals surface area contributed by atoms with E-state index in [2.05, 4.69) is 0 Å². The molecule has 4 heteroatoms. The van der Waals surface area contributed by atoms with E-state index in [0.29, 0.717) is 19.4 Å². The number of rotatable bonds is 1. The fraction of sp³-hybridized carbons (Fsp3) is 0.875. The van der Waals surface area contributed by atoms with Gasteiger partial charge in [0, 0.05) is 6.54 Å². The van der Waals surface area contributed by atoms with Crippen LogP contribution in [0.15, 0.2) is 0 Å². The van der Waals surface area contributed by atoms with Crippen molar-refractivity contribution in [2.24, 2.45) is 0 Å². The molecule has 2 fully saturated rings. The average Bonchev–Trinajstić information content (AvgIpc) is 2.52. The van der Waals surface area contributed by atoms with Crippen LogP contribution in [0.3, 0.4) is 0 Å². The van der Waals surface area contributed by atoms with Crippen LogP contribution in [0, 0.1) is 0 Å². The van der Waals surface area contributed by atoms with Crippen molar-refractivity contribution >= 4 is 5.97 Å². The summed E-state index contributed by atoms with van der Waals surface area (Å²) in [7, 11) is 0. The molecule has 0 aromatic rings. The molecule has 0 aliphatic carbocycles. The molecule has 68 valence electrons. The van der Waals surface area contributed by atoms with Crippen LogP contribution in [0.5, 0.6) is 0 Å². The minimum atomic E-state index is -1.17. The lowest BCUT2D eigenvalue weighted by Crippen LogP contribution is -2.51. The molecule has 2 rings (SSSR count). The fourth-order valence-electron chi connectivity index (χ4n) is 2.45. The monoisotopic (exact) mass is 173 g/mol. The van der Waals surface area contributed by atoms with Gasteiger partial charge < -0.3 is 5.11 Å². The number of fused-ring (bicyclic) bond motifs is 1. The Labute approximate surface area is 70.2 Å². The molecule has 0 spiro atoms. The molecule has 0 bridgehead atoms. The largest absolute Gasteiger partial charge is 0.480 e. The average molecular weight is 173 g/mol. The Hall–Kier alpha value is -0.640. The first-order chi connectivity index (χ1) is 5.68. The van der Waals surface area contributed by atoms with Gasteiger partial charge in [-0.3, -0.25) is 9.69 Å². The van der Waals surface area contributed by atoms with E-state index in [1.807, 2.05) is 0 Å². The van der Waals surface area contributed by atoms with Gasteiger partial charge in [0.15, 0.2) is 5.54 Å². The first-order valence-electron chi connectivity index (χ1n) is 4.30. The molecule has 0 saturated carbocycles. The molecule has 2 saturated heterocycles. The van der Waals surface area contributed by atoms with Gasteiger partial charge in [0.2, 0.25) is 0 Å². The van der Waals surface area contributed by atoms with Crippen LogP contribution in [-0.2, 0) is 4.79 Å². The minimum Gasteiger partial charge on any atom is -0.480 e. The molecule has 12 heavy (non-hydrogen) atoms. The van der Waals surface area contributed by atoms with Gasteiger partial charge in [0.05, 0.1) is 0 Å². The standard InChI is InChI=1S/C8H12FNO2/c9-6-2-5-10-4-1-3-8(6,10)7(11)12/h6H,1-5H2,(H,11,12). The van der Waals surface area contributed by atoms with Gasteiger partial charge in [0.25, 0.3) is 0 Å². The zero-order valence-corrected chi connectivity index (χ0v) is 6.79. The summed E-state index contributed by atoms with van der Waals surface area (Å²) >= 11 is 0. The van der Waals surface area contributed by atoms with Crippen molar-refractivity contribution in [1.82, 2.24) is 4.90 Å². The van der Waals surface area contributed by atoms with E-state index in [1.165, 1.54) is 0 Å². The maximum absolute atomic E-state index is 13.4. The number of halogens is 1. The van der Waals surface area contributed by atoms with Crippen molar-refractivity contribution in [3.8, 4) is 0 Å². The molecule has 1 N–H and O–H groups in total. The van der Waals surface area contributed by atoms with Crippen LogP contribution in [0.1, 0.15) is 19.3 Å². The lowest BCUT2D eigenvalue weighted by Gasteiger charge is -2.28. The third-order valence-corrected chi connectivity index (χ3v) is 3.09. The number of carbonyl (C=O) groups is 1. The van der Waals surface area contributed by atoms with Crippen molar-refractivity contribution in [3.63, 3.8) is 0 Å². The van der Waals surface area contributed by atoms with E-state index in [4.69, 9.17) is 5.11 Å². The van der Waals surface area contributed by atoms with Gasteiger partial charge in [0.1, 0.15) is 6.17 Å². The second-order valence-electron chi connectivity index (χ2n) is 3.58. The summed E-state index contributed by atoms with van der Waals surface area (Å²) < 4.78 is 13.4. The smallest absolute Gasteiger partial charge is 0.327 e. The van der Waals surface area contributed by atoms with Crippen LogP contribution in [-0.4, -0.2) is 40.8 Å². The first-order valence-corrected chi connectivity index (χ1v) is 4.30. The normalized spacial score (nSPS) is 41.6. The minimum absolute atomic E-state index is 0.381. The number of alkyl halides is 1. The number of hydrogen-bond acceptors (Lipinski definition) is 2. The summed E-state index contributed by atoms with van der Waals surface area (Å²) in [6, 6.07) is 0. The summed E-state index contributed by atoms with van der Waals surface area (Å²) in [5, 5.41) is 8.96. The third-order valence-electron chi connectivity index (χ3n) is 3.09. The first kappa shape index (κ1) is 7.98. The highest BCUT2D eigenvalue weighted by atomic mass is 19.1. The van der Waals surface area contributed by atoms with E-state index >= 15 is 0 Å². The van der Waals surface area contributed by atoms with Crippen LogP contribution in [0.2, 0.25) is 0 Å². The van der Waals surface area contributed by atoms with Crippen LogP contribution < -0.4 is 0 Å². The molecule has 2 atom stereocenters. The SMILES string of the molecule is O=C(O)C12CCCN1CCC2F. The van der Waals surface area contributed by atoms with Crippen LogP contribution in [0.4, 0.5) is 4.39 Å². The zero-order valence-electron chi connectivity index (χ0n) is 6.79. The van der Waals surface area contributed by atoms with Gasteiger partial charge in [-0.2, -0.15) is 0 Å². The summed E-state index contributed by atoms with van der Waals surface area (Å²) in [6.07, 6.45) is 0.500. The maximum Gasteiger partial charge on any atom is 0.327 e.